The standard InChI is InChI=1S/C21H15BrN2O4/c22-15-7-6-14-10-16(21(27)28-19(14)11-15)18(25)12-24-20(26)9-8-17(23-24)13-4-2-1-3-5-13/h1-7,10-11H,8-9,12H2. The molecule has 1 aliphatic heterocycles. The Balaban J connectivity index is 1.63. The molecule has 0 unspecified atom stereocenters. The molecule has 0 fully saturated rings. The van der Waals surface area contributed by atoms with Crippen LogP contribution in [0, 0.1) is 0 Å². The van der Waals surface area contributed by atoms with Crippen LogP contribution in [0.5, 0.6) is 0 Å². The molecule has 0 aliphatic carbocycles. The Kier molecular flexibility index (Phi) is 4.92. The van der Waals surface area contributed by atoms with E-state index in [9.17, 15) is 14.4 Å². The summed E-state index contributed by atoms with van der Waals surface area (Å²) in [6, 6.07) is 16.2. The molecule has 2 aromatic carbocycles. The minimum atomic E-state index is -0.729. The molecule has 2 heterocycles. The first-order chi connectivity index (χ1) is 13.5. The van der Waals surface area contributed by atoms with E-state index in [1.54, 1.807) is 18.2 Å². The molecular weight excluding hydrogens is 424 g/mol. The van der Waals surface area contributed by atoms with Gasteiger partial charge < -0.3 is 4.42 Å². The lowest BCUT2D eigenvalue weighted by molar-refractivity contribution is -0.131. The second-order valence-electron chi connectivity index (χ2n) is 6.42. The predicted octanol–water partition coefficient (Wildman–Crippen LogP) is 3.76. The van der Waals surface area contributed by atoms with Crippen LogP contribution >= 0.6 is 15.9 Å². The summed E-state index contributed by atoms with van der Waals surface area (Å²) in [6.45, 7) is -0.304. The molecule has 1 aliphatic rings. The van der Waals surface area contributed by atoms with Crippen molar-refractivity contribution in [3.8, 4) is 0 Å². The van der Waals surface area contributed by atoms with Crippen molar-refractivity contribution < 1.29 is 14.0 Å². The van der Waals surface area contributed by atoms with Crippen LogP contribution in [0.25, 0.3) is 11.0 Å². The third-order valence-corrected chi connectivity index (χ3v) is 5.00. The minimum Gasteiger partial charge on any atom is -0.422 e. The van der Waals surface area contributed by atoms with E-state index < -0.39 is 11.4 Å². The summed E-state index contributed by atoms with van der Waals surface area (Å²) in [7, 11) is 0. The lowest BCUT2D eigenvalue weighted by Gasteiger charge is -2.23. The fraction of sp³-hybridized carbons (Fsp3) is 0.143. The van der Waals surface area contributed by atoms with Crippen molar-refractivity contribution in [2.45, 2.75) is 12.8 Å². The van der Waals surface area contributed by atoms with Crippen molar-refractivity contribution in [3.63, 3.8) is 0 Å². The summed E-state index contributed by atoms with van der Waals surface area (Å²) < 4.78 is 6.02. The van der Waals surface area contributed by atoms with Crippen LogP contribution in [0.3, 0.4) is 0 Å². The third-order valence-electron chi connectivity index (χ3n) is 4.50. The fourth-order valence-corrected chi connectivity index (χ4v) is 3.40. The van der Waals surface area contributed by atoms with E-state index in [0.717, 1.165) is 20.8 Å². The van der Waals surface area contributed by atoms with Crippen molar-refractivity contribution >= 4 is 44.3 Å². The number of fused-ring (bicyclic) bond motifs is 1. The number of halogens is 1. The number of ketones is 1. The van der Waals surface area contributed by atoms with Crippen LogP contribution in [0.15, 0.2) is 73.4 Å². The molecule has 140 valence electrons. The first kappa shape index (κ1) is 18.3. The Labute approximate surface area is 168 Å². The van der Waals surface area contributed by atoms with Gasteiger partial charge in [0.25, 0.3) is 0 Å². The molecule has 6 nitrogen and oxygen atoms in total. The zero-order valence-electron chi connectivity index (χ0n) is 14.7. The highest BCUT2D eigenvalue weighted by molar-refractivity contribution is 9.10. The maximum atomic E-state index is 12.7. The van der Waals surface area contributed by atoms with Gasteiger partial charge in [-0.1, -0.05) is 52.3 Å². The normalized spacial score (nSPS) is 14.2. The molecule has 1 aromatic heterocycles. The average Bonchev–Trinajstić information content (AvgIpc) is 2.69. The monoisotopic (exact) mass is 438 g/mol. The number of carbonyl (C=O) groups excluding carboxylic acids is 2. The molecule has 0 saturated heterocycles. The summed E-state index contributed by atoms with van der Waals surface area (Å²) in [5, 5.41) is 6.11. The zero-order valence-corrected chi connectivity index (χ0v) is 16.3. The van der Waals surface area contributed by atoms with Gasteiger partial charge in [0, 0.05) is 22.7 Å². The number of rotatable bonds is 4. The maximum Gasteiger partial charge on any atom is 0.347 e. The first-order valence-electron chi connectivity index (χ1n) is 8.71. The molecule has 0 radical (unpaired) electrons. The highest BCUT2D eigenvalue weighted by atomic mass is 79.9. The second kappa shape index (κ2) is 7.52. The van der Waals surface area contributed by atoms with Crippen molar-refractivity contribution in [2.75, 3.05) is 6.54 Å². The summed E-state index contributed by atoms with van der Waals surface area (Å²) >= 11 is 3.31. The Morgan fingerprint density at radius 2 is 1.86 bits per heavy atom. The Bertz CT molecular complexity index is 1170. The van der Waals surface area contributed by atoms with Crippen molar-refractivity contribution in [1.29, 1.82) is 0 Å². The predicted molar refractivity (Wildman–Crippen MR) is 108 cm³/mol. The van der Waals surface area contributed by atoms with Crippen LogP contribution in [0.4, 0.5) is 0 Å². The quantitative estimate of drug-likeness (QED) is 0.458. The van der Waals surface area contributed by atoms with E-state index in [2.05, 4.69) is 21.0 Å². The molecule has 0 saturated carbocycles. The SMILES string of the molecule is O=C(CN1N=C(c2ccccc2)CCC1=O)c1cc2ccc(Br)cc2oc1=O. The molecule has 3 aromatic rings. The van der Waals surface area contributed by atoms with Gasteiger partial charge in [0.15, 0.2) is 5.78 Å². The van der Waals surface area contributed by atoms with Gasteiger partial charge in [-0.25, -0.2) is 9.80 Å². The van der Waals surface area contributed by atoms with Crippen molar-refractivity contribution in [3.05, 3.63) is 80.6 Å². The molecule has 1 amide bonds. The first-order valence-corrected chi connectivity index (χ1v) is 9.50. The Morgan fingerprint density at radius 1 is 1.07 bits per heavy atom. The summed E-state index contributed by atoms with van der Waals surface area (Å²) in [4.78, 5) is 37.2. The van der Waals surface area contributed by atoms with Crippen LogP contribution in [-0.4, -0.2) is 29.0 Å². The molecule has 4 rings (SSSR count). The van der Waals surface area contributed by atoms with E-state index >= 15 is 0 Å². The summed E-state index contributed by atoms with van der Waals surface area (Å²) in [6.07, 6.45) is 0.780. The second-order valence-corrected chi connectivity index (χ2v) is 7.33. The highest BCUT2D eigenvalue weighted by Gasteiger charge is 2.25. The van der Waals surface area contributed by atoms with E-state index in [1.165, 1.54) is 6.07 Å². The number of Topliss-reactive ketones (excluding diaryl/α,β-unsaturated/α-hetero) is 1. The lowest BCUT2D eigenvalue weighted by Crippen LogP contribution is -2.37. The van der Waals surface area contributed by atoms with E-state index in [-0.39, 0.29) is 24.4 Å². The van der Waals surface area contributed by atoms with E-state index in [0.29, 0.717) is 17.4 Å². The van der Waals surface area contributed by atoms with E-state index in [4.69, 9.17) is 4.42 Å². The van der Waals surface area contributed by atoms with Gasteiger partial charge in [-0.3, -0.25) is 9.59 Å². The highest BCUT2D eigenvalue weighted by Crippen LogP contribution is 2.20. The smallest absolute Gasteiger partial charge is 0.347 e. The van der Waals surface area contributed by atoms with Crippen LogP contribution in [-0.2, 0) is 4.79 Å². The average molecular weight is 439 g/mol. The molecule has 0 N–H and O–H groups in total. The van der Waals surface area contributed by atoms with Gasteiger partial charge in [-0.15, -0.1) is 0 Å². The number of amides is 1. The molecular formula is C21H15BrN2O4. The number of benzene rings is 2. The van der Waals surface area contributed by atoms with Crippen LogP contribution < -0.4 is 5.63 Å². The Hall–Kier alpha value is -3.06. The number of hydrazone groups is 1. The largest absolute Gasteiger partial charge is 0.422 e. The van der Waals surface area contributed by atoms with Gasteiger partial charge in [0.1, 0.15) is 17.7 Å². The van der Waals surface area contributed by atoms with Crippen LogP contribution in [0.1, 0.15) is 28.8 Å². The molecule has 0 atom stereocenters. The van der Waals surface area contributed by atoms with Crippen molar-refractivity contribution in [1.82, 2.24) is 5.01 Å². The number of nitrogens with zero attached hydrogens (tertiary/aromatic N) is 2. The van der Waals surface area contributed by atoms with Gasteiger partial charge in [-0.05, 0) is 23.8 Å². The molecule has 0 spiro atoms. The van der Waals surface area contributed by atoms with E-state index in [1.807, 2.05) is 30.3 Å². The Morgan fingerprint density at radius 3 is 2.64 bits per heavy atom. The maximum absolute atomic E-state index is 12.7. The summed E-state index contributed by atoms with van der Waals surface area (Å²) in [5.41, 5.74) is 1.21. The number of hydrogen-bond acceptors (Lipinski definition) is 5. The topological polar surface area (TPSA) is 80.0 Å². The van der Waals surface area contributed by atoms with Crippen LogP contribution in [0.2, 0.25) is 0 Å². The number of hydrogen-bond donors (Lipinski definition) is 0. The van der Waals surface area contributed by atoms with Gasteiger partial charge in [0.2, 0.25) is 5.91 Å². The van der Waals surface area contributed by atoms with Gasteiger partial charge in [-0.2, -0.15) is 5.10 Å². The fourth-order valence-electron chi connectivity index (χ4n) is 3.06. The molecule has 7 heteroatoms. The lowest BCUT2D eigenvalue weighted by atomic mass is 10.0. The zero-order chi connectivity index (χ0) is 19.7. The van der Waals surface area contributed by atoms with Gasteiger partial charge >= 0.3 is 5.63 Å². The molecule has 0 bridgehead atoms. The molecule has 28 heavy (non-hydrogen) atoms. The third kappa shape index (κ3) is 3.66. The number of carbonyl (C=O) groups is 2. The van der Waals surface area contributed by atoms with Gasteiger partial charge in [0.05, 0.1) is 5.71 Å². The summed E-state index contributed by atoms with van der Waals surface area (Å²) in [5.74, 6) is -0.757. The van der Waals surface area contributed by atoms with Crippen molar-refractivity contribution in [2.24, 2.45) is 5.10 Å². The minimum absolute atomic E-state index is 0.0929.